The van der Waals surface area contributed by atoms with E-state index in [1.807, 2.05) is 25.9 Å². The second-order valence-electron chi connectivity index (χ2n) is 4.15. The molecular weight excluding hydrogens is 220 g/mol. The Labute approximate surface area is 102 Å². The van der Waals surface area contributed by atoms with Crippen LogP contribution in [0, 0.1) is 0 Å². The fraction of sp³-hybridized carbons (Fsp3) is 0.727. The van der Waals surface area contributed by atoms with Crippen molar-refractivity contribution in [2.75, 3.05) is 37.9 Å². The van der Waals surface area contributed by atoms with E-state index in [-0.39, 0.29) is 0 Å². The molecule has 0 radical (unpaired) electrons. The smallest absolute Gasteiger partial charge is 0.150 e. The number of nitrogen functional groups attached to an aromatic ring is 1. The third kappa shape index (κ3) is 3.10. The van der Waals surface area contributed by atoms with Crippen molar-refractivity contribution in [2.24, 2.45) is 7.05 Å². The first-order valence-corrected chi connectivity index (χ1v) is 5.70. The van der Waals surface area contributed by atoms with E-state index < -0.39 is 6.10 Å². The van der Waals surface area contributed by atoms with Crippen molar-refractivity contribution in [1.29, 1.82) is 0 Å². The first-order valence-electron chi connectivity index (χ1n) is 5.70. The van der Waals surface area contributed by atoms with Crippen LogP contribution in [-0.2, 0) is 18.2 Å². The van der Waals surface area contributed by atoms with Gasteiger partial charge in [0, 0.05) is 27.7 Å². The average molecular weight is 242 g/mol. The fourth-order valence-electron chi connectivity index (χ4n) is 1.95. The van der Waals surface area contributed by atoms with Crippen LogP contribution < -0.4 is 10.6 Å². The second kappa shape index (κ2) is 5.88. The molecule has 1 rings (SSSR count). The molecule has 6 nitrogen and oxygen atoms in total. The normalized spacial score (nSPS) is 12.8. The molecule has 98 valence electrons. The number of aryl methyl sites for hydroxylation is 2. The number of anilines is 2. The van der Waals surface area contributed by atoms with E-state index in [1.165, 1.54) is 0 Å². The monoisotopic (exact) mass is 242 g/mol. The van der Waals surface area contributed by atoms with Gasteiger partial charge in [0.2, 0.25) is 0 Å². The van der Waals surface area contributed by atoms with Crippen molar-refractivity contribution < 1.29 is 9.84 Å². The van der Waals surface area contributed by atoms with Crippen molar-refractivity contribution in [1.82, 2.24) is 9.78 Å². The van der Waals surface area contributed by atoms with E-state index in [1.54, 1.807) is 11.8 Å². The minimum atomic E-state index is -0.538. The Morgan fingerprint density at radius 2 is 2.24 bits per heavy atom. The molecule has 0 saturated heterocycles. The maximum atomic E-state index is 9.69. The maximum absolute atomic E-state index is 9.69. The number of methoxy groups -OCH3 is 1. The maximum Gasteiger partial charge on any atom is 0.150 e. The Morgan fingerprint density at radius 3 is 2.71 bits per heavy atom. The number of aliphatic hydroxyl groups excluding tert-OH is 1. The molecule has 1 atom stereocenters. The molecule has 1 unspecified atom stereocenters. The van der Waals surface area contributed by atoms with Crippen molar-refractivity contribution in [3.05, 3.63) is 5.69 Å². The van der Waals surface area contributed by atoms with Crippen LogP contribution in [0.1, 0.15) is 12.6 Å². The third-order valence-corrected chi connectivity index (χ3v) is 2.67. The summed E-state index contributed by atoms with van der Waals surface area (Å²) in [6.07, 6.45) is 0.262. The number of ether oxygens (including phenoxy) is 1. The molecule has 0 amide bonds. The van der Waals surface area contributed by atoms with E-state index in [0.29, 0.717) is 18.8 Å². The zero-order valence-corrected chi connectivity index (χ0v) is 11.0. The summed E-state index contributed by atoms with van der Waals surface area (Å²) in [5.74, 6) is 0.831. The fourth-order valence-corrected chi connectivity index (χ4v) is 1.95. The molecule has 0 fully saturated rings. The van der Waals surface area contributed by atoms with Crippen LogP contribution in [0.2, 0.25) is 0 Å². The summed E-state index contributed by atoms with van der Waals surface area (Å²) in [5.41, 5.74) is 7.59. The lowest BCUT2D eigenvalue weighted by Crippen LogP contribution is -2.33. The first-order chi connectivity index (χ1) is 8.01. The van der Waals surface area contributed by atoms with Gasteiger partial charge in [0.1, 0.15) is 5.82 Å². The Bertz CT molecular complexity index is 365. The van der Waals surface area contributed by atoms with Crippen LogP contribution in [0.15, 0.2) is 0 Å². The van der Waals surface area contributed by atoms with E-state index in [4.69, 9.17) is 10.5 Å². The average Bonchev–Trinajstić information content (AvgIpc) is 2.53. The predicted molar refractivity (Wildman–Crippen MR) is 68.2 cm³/mol. The summed E-state index contributed by atoms with van der Waals surface area (Å²) in [4.78, 5) is 1.89. The number of likely N-dealkylation sites (N-methyl/N-ethyl adjacent to an activating group) is 1. The van der Waals surface area contributed by atoms with Crippen molar-refractivity contribution >= 4 is 11.5 Å². The van der Waals surface area contributed by atoms with Gasteiger partial charge in [0.05, 0.1) is 24.1 Å². The zero-order valence-electron chi connectivity index (χ0n) is 11.0. The minimum absolute atomic E-state index is 0.308. The molecule has 1 aromatic rings. The van der Waals surface area contributed by atoms with Crippen LogP contribution in [0.3, 0.4) is 0 Å². The number of hydrogen-bond donors (Lipinski definition) is 2. The summed E-state index contributed by atoms with van der Waals surface area (Å²) in [7, 11) is 5.30. The van der Waals surface area contributed by atoms with E-state index in [2.05, 4.69) is 5.10 Å². The lowest BCUT2D eigenvalue weighted by Gasteiger charge is -2.22. The van der Waals surface area contributed by atoms with Gasteiger partial charge in [-0.2, -0.15) is 5.10 Å². The SMILES string of the molecule is CCc1nn(C)c(N(C)CC(O)COC)c1N. The minimum Gasteiger partial charge on any atom is -0.394 e. The molecule has 0 aliphatic heterocycles. The molecule has 6 heteroatoms. The van der Waals surface area contributed by atoms with Gasteiger partial charge in [-0.1, -0.05) is 6.92 Å². The van der Waals surface area contributed by atoms with Crippen LogP contribution in [0.4, 0.5) is 11.5 Å². The predicted octanol–water partition coefficient (Wildman–Crippen LogP) is 0.00820. The number of aromatic nitrogens is 2. The highest BCUT2D eigenvalue weighted by Gasteiger charge is 2.17. The first kappa shape index (κ1) is 13.8. The molecule has 1 aromatic heterocycles. The summed E-state index contributed by atoms with van der Waals surface area (Å²) < 4.78 is 6.64. The number of aliphatic hydroxyl groups is 1. The second-order valence-corrected chi connectivity index (χ2v) is 4.15. The molecule has 0 saturated carbocycles. The van der Waals surface area contributed by atoms with Crippen LogP contribution >= 0.6 is 0 Å². The third-order valence-electron chi connectivity index (χ3n) is 2.67. The highest BCUT2D eigenvalue weighted by molar-refractivity contribution is 5.66. The molecule has 0 aliphatic carbocycles. The molecule has 17 heavy (non-hydrogen) atoms. The van der Waals surface area contributed by atoms with E-state index >= 15 is 0 Å². The molecule has 0 spiro atoms. The van der Waals surface area contributed by atoms with Gasteiger partial charge in [-0.05, 0) is 6.42 Å². The van der Waals surface area contributed by atoms with Crippen molar-refractivity contribution in [3.8, 4) is 0 Å². The number of nitrogens with zero attached hydrogens (tertiary/aromatic N) is 3. The van der Waals surface area contributed by atoms with Crippen LogP contribution in [0.5, 0.6) is 0 Å². The Morgan fingerprint density at radius 1 is 1.59 bits per heavy atom. The Balaban J connectivity index is 2.81. The molecule has 0 aliphatic rings. The largest absolute Gasteiger partial charge is 0.394 e. The van der Waals surface area contributed by atoms with Crippen LogP contribution in [-0.4, -0.2) is 48.3 Å². The number of nitrogens with two attached hydrogens (primary N) is 1. The lowest BCUT2D eigenvalue weighted by molar-refractivity contribution is 0.0693. The van der Waals surface area contributed by atoms with Gasteiger partial charge < -0.3 is 20.5 Å². The molecule has 0 aromatic carbocycles. The Kier molecular flexibility index (Phi) is 4.77. The Hall–Kier alpha value is -1.27. The van der Waals surface area contributed by atoms with E-state index in [0.717, 1.165) is 17.9 Å². The van der Waals surface area contributed by atoms with Crippen molar-refractivity contribution in [2.45, 2.75) is 19.4 Å². The van der Waals surface area contributed by atoms with E-state index in [9.17, 15) is 5.11 Å². The van der Waals surface area contributed by atoms with Gasteiger partial charge in [-0.25, -0.2) is 0 Å². The van der Waals surface area contributed by atoms with Gasteiger partial charge >= 0.3 is 0 Å². The summed E-state index contributed by atoms with van der Waals surface area (Å²) in [5, 5.41) is 14.0. The molecule has 1 heterocycles. The number of rotatable bonds is 6. The molecular formula is C11H22N4O2. The lowest BCUT2D eigenvalue weighted by atomic mass is 10.2. The molecule has 3 N–H and O–H groups in total. The highest BCUT2D eigenvalue weighted by atomic mass is 16.5. The topological polar surface area (TPSA) is 76.5 Å². The summed E-state index contributed by atoms with van der Waals surface area (Å²) >= 11 is 0. The van der Waals surface area contributed by atoms with Gasteiger partial charge in [-0.3, -0.25) is 4.68 Å². The quantitative estimate of drug-likeness (QED) is 0.735. The standard InChI is InChI=1S/C11H22N4O2/c1-5-9-10(12)11(15(3)13-9)14(2)6-8(16)7-17-4/h8,16H,5-7,12H2,1-4H3. The number of hydrogen-bond acceptors (Lipinski definition) is 5. The van der Waals surface area contributed by atoms with Gasteiger partial charge in [0.15, 0.2) is 0 Å². The van der Waals surface area contributed by atoms with Gasteiger partial charge in [0.25, 0.3) is 0 Å². The van der Waals surface area contributed by atoms with Crippen molar-refractivity contribution in [3.63, 3.8) is 0 Å². The highest BCUT2D eigenvalue weighted by Crippen LogP contribution is 2.25. The van der Waals surface area contributed by atoms with Gasteiger partial charge in [-0.15, -0.1) is 0 Å². The summed E-state index contributed by atoms with van der Waals surface area (Å²) in [6, 6.07) is 0. The zero-order chi connectivity index (χ0) is 13.0. The summed E-state index contributed by atoms with van der Waals surface area (Å²) in [6.45, 7) is 2.78. The molecule has 0 bridgehead atoms. The van der Waals surface area contributed by atoms with Crippen LogP contribution in [0.25, 0.3) is 0 Å².